The van der Waals surface area contributed by atoms with Crippen LogP contribution in [0.15, 0.2) is 30.3 Å². The molecule has 11 N–H and O–H groups in total. The van der Waals surface area contributed by atoms with Gasteiger partial charge in [-0.3, -0.25) is 19.7 Å². The number of nitrogens with two attached hydrogens (primary N) is 2. The van der Waals surface area contributed by atoms with Crippen LogP contribution >= 0.6 is 0 Å². The van der Waals surface area contributed by atoms with Gasteiger partial charge in [0.15, 0.2) is 0 Å². The first-order chi connectivity index (χ1) is 18.3. The van der Waals surface area contributed by atoms with Crippen LogP contribution in [0.25, 0.3) is 0 Å². The third kappa shape index (κ3) is 13.0. The monoisotopic (exact) mass is 551 g/mol. The van der Waals surface area contributed by atoms with Crippen molar-refractivity contribution in [2.45, 2.75) is 83.5 Å². The van der Waals surface area contributed by atoms with Gasteiger partial charge in [0.25, 0.3) is 0 Å². The van der Waals surface area contributed by atoms with Crippen LogP contribution in [0.4, 0.5) is 0 Å². The van der Waals surface area contributed by atoms with E-state index in [1.807, 2.05) is 13.8 Å². The molecule has 0 spiro atoms. The minimum atomic E-state index is -1.41. The lowest BCUT2D eigenvalue weighted by Gasteiger charge is -2.28. The zero-order valence-corrected chi connectivity index (χ0v) is 23.1. The second kappa shape index (κ2) is 17.5. The van der Waals surface area contributed by atoms with Crippen molar-refractivity contribution in [1.29, 1.82) is 0 Å². The summed E-state index contributed by atoms with van der Waals surface area (Å²) >= 11 is 0. The molecule has 39 heavy (non-hydrogen) atoms. The number of carboxylic acids is 1. The topological polar surface area (TPSA) is 221 Å². The Morgan fingerprint density at radius 2 is 1.44 bits per heavy atom. The van der Waals surface area contributed by atoms with Crippen LogP contribution in [0.2, 0.25) is 0 Å². The Morgan fingerprint density at radius 1 is 0.846 bits per heavy atom. The molecule has 0 unspecified atom stereocenters. The maximum absolute atomic E-state index is 13.1. The predicted molar refractivity (Wildman–Crippen MR) is 147 cm³/mol. The normalized spacial score (nSPS) is 14.5. The fraction of sp³-hybridized carbons (Fsp3) is 0.615. The molecule has 13 heteroatoms. The van der Waals surface area contributed by atoms with Gasteiger partial charge in [0.05, 0.1) is 12.6 Å². The molecule has 0 bridgehead atoms. The van der Waals surface area contributed by atoms with Crippen LogP contribution in [0.3, 0.4) is 0 Å². The molecular formula is C26H45N7O6. The number of rotatable bonds is 18. The number of aliphatic hydroxyl groups is 1. The van der Waals surface area contributed by atoms with Crippen LogP contribution in [0.5, 0.6) is 0 Å². The third-order valence-electron chi connectivity index (χ3n) is 5.86. The summed E-state index contributed by atoms with van der Waals surface area (Å²) in [7, 11) is 0. The molecule has 13 nitrogen and oxygen atoms in total. The molecule has 1 rings (SSSR count). The highest BCUT2D eigenvalue weighted by molar-refractivity contribution is 5.94. The van der Waals surface area contributed by atoms with Crippen molar-refractivity contribution < 1.29 is 29.4 Å². The SMILES string of the molecule is CC(C)N[C@@H](CCCNC(N)N)C(=O)N[C@H](C(=O)N[C@@H](CO)C(=O)N[C@@H](Cc1ccccc1)C(=O)O)C(C)C. The quantitative estimate of drug-likeness (QED) is 0.0747. The molecule has 0 aliphatic heterocycles. The Kier molecular flexibility index (Phi) is 15.2. The summed E-state index contributed by atoms with van der Waals surface area (Å²) in [5, 5.41) is 33.0. The number of aliphatic carboxylic acids is 1. The van der Waals surface area contributed by atoms with Gasteiger partial charge in [-0.15, -0.1) is 0 Å². The van der Waals surface area contributed by atoms with E-state index in [1.165, 1.54) is 0 Å². The number of benzene rings is 1. The van der Waals surface area contributed by atoms with Crippen molar-refractivity contribution in [2.75, 3.05) is 13.2 Å². The van der Waals surface area contributed by atoms with Gasteiger partial charge < -0.3 is 42.9 Å². The van der Waals surface area contributed by atoms with Crippen LogP contribution in [0.1, 0.15) is 46.1 Å². The predicted octanol–water partition coefficient (Wildman–Crippen LogP) is -1.65. The highest BCUT2D eigenvalue weighted by Crippen LogP contribution is 2.07. The summed E-state index contributed by atoms with van der Waals surface area (Å²) in [5.41, 5.74) is 11.7. The molecule has 0 aliphatic rings. The van der Waals surface area contributed by atoms with Gasteiger partial charge in [-0.2, -0.15) is 0 Å². The average Bonchev–Trinajstić information content (AvgIpc) is 2.86. The Morgan fingerprint density at radius 3 is 1.95 bits per heavy atom. The van der Waals surface area contributed by atoms with Crippen molar-refractivity contribution in [1.82, 2.24) is 26.6 Å². The molecule has 0 fully saturated rings. The van der Waals surface area contributed by atoms with Gasteiger partial charge in [0, 0.05) is 12.5 Å². The number of aliphatic hydroxyl groups excluding tert-OH is 1. The van der Waals surface area contributed by atoms with E-state index in [4.69, 9.17) is 11.5 Å². The van der Waals surface area contributed by atoms with Gasteiger partial charge >= 0.3 is 5.97 Å². The largest absolute Gasteiger partial charge is 0.480 e. The maximum Gasteiger partial charge on any atom is 0.326 e. The number of carbonyl (C=O) groups excluding carboxylic acids is 3. The number of carbonyl (C=O) groups is 4. The van der Waals surface area contributed by atoms with E-state index < -0.39 is 60.8 Å². The molecule has 1 aromatic carbocycles. The van der Waals surface area contributed by atoms with E-state index >= 15 is 0 Å². The fourth-order valence-electron chi connectivity index (χ4n) is 3.83. The lowest BCUT2D eigenvalue weighted by atomic mass is 10.0. The molecule has 0 aliphatic carbocycles. The lowest BCUT2D eigenvalue weighted by molar-refractivity contribution is -0.142. The van der Waals surface area contributed by atoms with Gasteiger partial charge in [-0.25, -0.2) is 4.79 Å². The zero-order valence-electron chi connectivity index (χ0n) is 23.1. The van der Waals surface area contributed by atoms with Gasteiger partial charge in [0.1, 0.15) is 24.4 Å². The van der Waals surface area contributed by atoms with Crippen LogP contribution < -0.4 is 38.1 Å². The maximum atomic E-state index is 13.1. The smallest absolute Gasteiger partial charge is 0.326 e. The van der Waals surface area contributed by atoms with Crippen LogP contribution in [-0.4, -0.2) is 83.6 Å². The first-order valence-corrected chi connectivity index (χ1v) is 13.1. The second-order valence-corrected chi connectivity index (χ2v) is 10.1. The number of carboxylic acid groups (broad SMARTS) is 1. The highest BCUT2D eigenvalue weighted by Gasteiger charge is 2.32. The lowest BCUT2D eigenvalue weighted by Crippen LogP contribution is -2.60. The van der Waals surface area contributed by atoms with Crippen molar-refractivity contribution in [2.24, 2.45) is 17.4 Å². The summed E-state index contributed by atoms with van der Waals surface area (Å²) in [5.74, 6) is -3.53. The summed E-state index contributed by atoms with van der Waals surface area (Å²) in [6, 6.07) is 4.46. The number of hydrogen-bond acceptors (Lipinski definition) is 9. The van der Waals surface area contributed by atoms with Gasteiger partial charge in [-0.05, 0) is 30.9 Å². The van der Waals surface area contributed by atoms with E-state index in [0.29, 0.717) is 24.9 Å². The van der Waals surface area contributed by atoms with Crippen molar-refractivity contribution in [3.05, 3.63) is 35.9 Å². The first kappa shape index (κ1) is 33.9. The van der Waals surface area contributed by atoms with E-state index in [9.17, 15) is 29.4 Å². The summed E-state index contributed by atoms with van der Waals surface area (Å²) in [6.07, 6.45) is 0.415. The second-order valence-electron chi connectivity index (χ2n) is 10.1. The molecule has 0 saturated carbocycles. The Bertz CT molecular complexity index is 913. The molecule has 0 radical (unpaired) electrons. The number of nitrogens with one attached hydrogen (secondary N) is 5. The van der Waals surface area contributed by atoms with E-state index in [2.05, 4.69) is 26.6 Å². The molecule has 220 valence electrons. The molecule has 4 atom stereocenters. The third-order valence-corrected chi connectivity index (χ3v) is 5.86. The highest BCUT2D eigenvalue weighted by atomic mass is 16.4. The minimum Gasteiger partial charge on any atom is -0.480 e. The Balaban J connectivity index is 2.86. The van der Waals surface area contributed by atoms with E-state index in [0.717, 1.165) is 0 Å². The number of amides is 3. The summed E-state index contributed by atoms with van der Waals surface area (Å²) in [4.78, 5) is 50.7. The average molecular weight is 552 g/mol. The molecule has 0 aromatic heterocycles. The van der Waals surface area contributed by atoms with Gasteiger partial charge in [-0.1, -0.05) is 58.0 Å². The standard InChI is InChI=1S/C26H45N7O6/c1-15(2)21(33-22(35)18(30-16(3)4)11-8-12-29-26(27)28)24(37)32-20(14-34)23(36)31-19(25(38)39)13-17-9-6-5-7-10-17/h5-7,9-10,15-16,18-21,26,29-30,34H,8,11-14,27-28H2,1-4H3,(H,31,36)(H,32,37)(H,33,35)(H,38,39)/t18-,19-,20-,21-/m0/s1. The fourth-order valence-corrected chi connectivity index (χ4v) is 3.83. The van der Waals surface area contributed by atoms with Crippen LogP contribution in [-0.2, 0) is 25.6 Å². The molecular weight excluding hydrogens is 506 g/mol. The van der Waals surface area contributed by atoms with E-state index in [1.54, 1.807) is 44.2 Å². The van der Waals surface area contributed by atoms with E-state index in [-0.39, 0.29) is 18.4 Å². The van der Waals surface area contributed by atoms with Crippen molar-refractivity contribution in [3.63, 3.8) is 0 Å². The number of hydrogen-bond donors (Lipinski definition) is 9. The molecule has 0 saturated heterocycles. The zero-order chi connectivity index (χ0) is 29.5. The minimum absolute atomic E-state index is 0.00247. The molecule has 3 amide bonds. The van der Waals surface area contributed by atoms with Gasteiger partial charge in [0.2, 0.25) is 17.7 Å². The Labute approximate surface area is 229 Å². The summed E-state index contributed by atoms with van der Waals surface area (Å²) < 4.78 is 0. The van der Waals surface area contributed by atoms with Crippen LogP contribution in [0, 0.1) is 5.92 Å². The molecule has 1 aromatic rings. The van der Waals surface area contributed by atoms with Crippen molar-refractivity contribution in [3.8, 4) is 0 Å². The molecule has 0 heterocycles. The first-order valence-electron chi connectivity index (χ1n) is 13.1. The summed E-state index contributed by atoms with van der Waals surface area (Å²) in [6.45, 7) is 7.00. The van der Waals surface area contributed by atoms with Crippen molar-refractivity contribution >= 4 is 23.7 Å². The Hall–Kier alpha value is -3.10.